The number of hydrogen-bond donors (Lipinski definition) is 1. The Morgan fingerprint density at radius 2 is 1.88 bits per heavy atom. The summed E-state index contributed by atoms with van der Waals surface area (Å²) in [5.41, 5.74) is -1.65. The van der Waals surface area contributed by atoms with Gasteiger partial charge in [-0.25, -0.2) is 0 Å². The van der Waals surface area contributed by atoms with Gasteiger partial charge in [-0.2, -0.15) is 13.2 Å². The number of ether oxygens (including phenoxy) is 1. The zero-order chi connectivity index (χ0) is 17.7. The lowest BCUT2D eigenvalue weighted by Gasteiger charge is -2.37. The number of para-hydroxylation sites is 1. The molecule has 0 saturated heterocycles. The van der Waals surface area contributed by atoms with Crippen LogP contribution in [0.1, 0.15) is 17.5 Å². The van der Waals surface area contributed by atoms with Crippen molar-refractivity contribution < 1.29 is 23.0 Å². The van der Waals surface area contributed by atoms with E-state index >= 15 is 0 Å². The molecule has 6 heteroatoms. The molecule has 2 aromatic carbocycles. The zero-order valence-corrected chi connectivity index (χ0v) is 13.5. The van der Waals surface area contributed by atoms with E-state index in [0.29, 0.717) is 31.0 Å². The molecule has 2 aromatic rings. The summed E-state index contributed by atoms with van der Waals surface area (Å²) in [4.78, 5) is 1.67. The van der Waals surface area contributed by atoms with Crippen molar-refractivity contribution in [3.63, 3.8) is 0 Å². The van der Waals surface area contributed by atoms with Crippen molar-refractivity contribution in [1.82, 2.24) is 0 Å². The summed E-state index contributed by atoms with van der Waals surface area (Å²) >= 11 is 0. The van der Waals surface area contributed by atoms with Crippen LogP contribution in [0.4, 0.5) is 18.9 Å². The Kier molecular flexibility index (Phi) is 3.68. The predicted octanol–water partition coefficient (Wildman–Crippen LogP) is 3.65. The number of benzene rings is 2. The molecular formula is C19H18F3NO2. The Hall–Kier alpha value is -2.21. The van der Waals surface area contributed by atoms with Crippen molar-refractivity contribution in [2.24, 2.45) is 0 Å². The Labute approximate surface area is 143 Å². The highest BCUT2D eigenvalue weighted by Gasteiger charge is 2.66. The van der Waals surface area contributed by atoms with E-state index in [1.807, 2.05) is 30.3 Å². The van der Waals surface area contributed by atoms with Crippen LogP contribution in [0.2, 0.25) is 0 Å². The molecule has 0 amide bonds. The van der Waals surface area contributed by atoms with Crippen molar-refractivity contribution in [3.05, 3.63) is 59.7 Å². The first-order valence-electron chi connectivity index (χ1n) is 8.29. The van der Waals surface area contributed by atoms with Crippen LogP contribution >= 0.6 is 0 Å². The molecule has 0 spiro atoms. The largest absolute Gasteiger partial charge is 0.490 e. The number of aryl methyl sites for hydroxylation is 1. The number of alkyl halides is 3. The Morgan fingerprint density at radius 3 is 2.60 bits per heavy atom. The molecule has 4 rings (SSSR count). The second-order valence-corrected chi connectivity index (χ2v) is 6.50. The molecule has 2 aliphatic heterocycles. The summed E-state index contributed by atoms with van der Waals surface area (Å²) in [6.45, 7) is 0.647. The summed E-state index contributed by atoms with van der Waals surface area (Å²) in [5.74, 6) is 0.411. The molecule has 2 aliphatic rings. The Morgan fingerprint density at radius 1 is 1.12 bits per heavy atom. The van der Waals surface area contributed by atoms with E-state index in [1.165, 1.54) is 12.1 Å². The molecule has 0 aromatic heterocycles. The summed E-state index contributed by atoms with van der Waals surface area (Å²) in [6, 6.07) is 12.8. The highest BCUT2D eigenvalue weighted by atomic mass is 19.4. The van der Waals surface area contributed by atoms with E-state index in [9.17, 15) is 18.3 Å². The minimum absolute atomic E-state index is 0.102. The lowest BCUT2D eigenvalue weighted by atomic mass is 9.85. The van der Waals surface area contributed by atoms with Gasteiger partial charge in [-0.3, -0.25) is 0 Å². The standard InChI is InChI=1S/C19H18F3NO2/c20-19(21,22)18(24)14-7-4-8-15-17(14)23(11-12-25-15)16(18)10-9-13-5-2-1-3-6-13/h1-8,16,24H,9-12H2. The molecule has 25 heavy (non-hydrogen) atoms. The van der Waals surface area contributed by atoms with E-state index in [1.54, 1.807) is 11.0 Å². The van der Waals surface area contributed by atoms with E-state index in [4.69, 9.17) is 4.74 Å². The second kappa shape index (κ2) is 5.66. The van der Waals surface area contributed by atoms with Crippen LogP contribution in [0.25, 0.3) is 0 Å². The molecule has 2 atom stereocenters. The van der Waals surface area contributed by atoms with Gasteiger partial charge < -0.3 is 14.7 Å². The smallest absolute Gasteiger partial charge is 0.423 e. The minimum atomic E-state index is -4.76. The quantitative estimate of drug-likeness (QED) is 0.918. The van der Waals surface area contributed by atoms with Gasteiger partial charge in [0.2, 0.25) is 5.60 Å². The molecular weight excluding hydrogens is 331 g/mol. The van der Waals surface area contributed by atoms with Crippen molar-refractivity contribution >= 4 is 5.69 Å². The maximum absolute atomic E-state index is 13.9. The van der Waals surface area contributed by atoms with E-state index < -0.39 is 17.8 Å². The summed E-state index contributed by atoms with van der Waals surface area (Å²) in [7, 11) is 0. The third kappa shape index (κ3) is 2.39. The van der Waals surface area contributed by atoms with Crippen LogP contribution in [0.3, 0.4) is 0 Å². The SMILES string of the molecule is OC1(C(F)(F)F)c2cccc3c2N(CCO3)C1CCc1ccccc1. The highest BCUT2D eigenvalue weighted by Crippen LogP contribution is 2.56. The fraction of sp³-hybridized carbons (Fsp3) is 0.368. The normalized spacial score (nSPS) is 24.8. The van der Waals surface area contributed by atoms with Crippen molar-refractivity contribution in [2.75, 3.05) is 18.1 Å². The second-order valence-electron chi connectivity index (χ2n) is 6.50. The van der Waals surface area contributed by atoms with Crippen LogP contribution in [-0.2, 0) is 12.0 Å². The highest BCUT2D eigenvalue weighted by molar-refractivity contribution is 5.72. The van der Waals surface area contributed by atoms with Crippen LogP contribution in [0, 0.1) is 0 Å². The fourth-order valence-electron chi connectivity index (χ4n) is 3.98. The van der Waals surface area contributed by atoms with Crippen molar-refractivity contribution in [3.8, 4) is 5.75 Å². The van der Waals surface area contributed by atoms with Gasteiger partial charge in [0.1, 0.15) is 12.4 Å². The van der Waals surface area contributed by atoms with Crippen LogP contribution < -0.4 is 9.64 Å². The van der Waals surface area contributed by atoms with Gasteiger partial charge in [0.15, 0.2) is 0 Å². The van der Waals surface area contributed by atoms with Crippen molar-refractivity contribution in [2.45, 2.75) is 30.7 Å². The maximum atomic E-state index is 13.9. The molecule has 0 radical (unpaired) electrons. The van der Waals surface area contributed by atoms with E-state index in [-0.39, 0.29) is 12.0 Å². The van der Waals surface area contributed by atoms with Crippen LogP contribution in [-0.4, -0.2) is 30.5 Å². The molecule has 0 bridgehead atoms. The van der Waals surface area contributed by atoms with Gasteiger partial charge in [0, 0.05) is 5.56 Å². The topological polar surface area (TPSA) is 32.7 Å². The number of anilines is 1. The van der Waals surface area contributed by atoms with Crippen molar-refractivity contribution in [1.29, 1.82) is 0 Å². The molecule has 2 heterocycles. The van der Waals surface area contributed by atoms with Crippen LogP contribution in [0.5, 0.6) is 5.75 Å². The zero-order valence-electron chi connectivity index (χ0n) is 13.5. The van der Waals surface area contributed by atoms with Crippen LogP contribution in [0.15, 0.2) is 48.5 Å². The lowest BCUT2D eigenvalue weighted by molar-refractivity contribution is -0.271. The number of rotatable bonds is 3. The first-order chi connectivity index (χ1) is 11.9. The summed E-state index contributed by atoms with van der Waals surface area (Å²) in [6.07, 6.45) is -4.10. The number of nitrogens with zero attached hydrogens (tertiary/aromatic N) is 1. The molecule has 0 fully saturated rings. The fourth-order valence-corrected chi connectivity index (χ4v) is 3.98. The summed E-state index contributed by atoms with van der Waals surface area (Å²) < 4.78 is 47.3. The van der Waals surface area contributed by atoms with Gasteiger partial charge >= 0.3 is 6.18 Å². The number of aliphatic hydroxyl groups is 1. The lowest BCUT2D eigenvalue weighted by Crippen LogP contribution is -2.55. The molecule has 0 saturated carbocycles. The Balaban J connectivity index is 1.75. The molecule has 2 unspecified atom stereocenters. The van der Waals surface area contributed by atoms with E-state index in [0.717, 1.165) is 5.56 Å². The average molecular weight is 349 g/mol. The maximum Gasteiger partial charge on any atom is 0.423 e. The van der Waals surface area contributed by atoms with Gasteiger partial charge in [-0.1, -0.05) is 42.5 Å². The molecule has 0 aliphatic carbocycles. The first kappa shape index (κ1) is 16.3. The third-order valence-corrected chi connectivity index (χ3v) is 5.13. The predicted molar refractivity (Wildman–Crippen MR) is 87.8 cm³/mol. The minimum Gasteiger partial charge on any atom is -0.490 e. The third-order valence-electron chi connectivity index (χ3n) is 5.13. The van der Waals surface area contributed by atoms with Gasteiger partial charge in [-0.15, -0.1) is 0 Å². The Bertz CT molecular complexity index is 778. The molecule has 3 nitrogen and oxygen atoms in total. The summed E-state index contributed by atoms with van der Waals surface area (Å²) in [5, 5.41) is 10.8. The number of hydrogen-bond acceptors (Lipinski definition) is 3. The average Bonchev–Trinajstić information content (AvgIpc) is 2.86. The van der Waals surface area contributed by atoms with Gasteiger partial charge in [0.05, 0.1) is 18.3 Å². The van der Waals surface area contributed by atoms with E-state index in [2.05, 4.69) is 0 Å². The monoisotopic (exact) mass is 349 g/mol. The molecule has 132 valence electrons. The number of halogens is 3. The molecule has 1 N–H and O–H groups in total. The van der Waals surface area contributed by atoms with Gasteiger partial charge in [0.25, 0.3) is 0 Å². The first-order valence-corrected chi connectivity index (χ1v) is 8.29. The van der Waals surface area contributed by atoms with Gasteiger partial charge in [-0.05, 0) is 24.5 Å².